The number of hydrogen-bond acceptors (Lipinski definition) is 3. The number of anilines is 1. The summed E-state index contributed by atoms with van der Waals surface area (Å²) < 4.78 is 13.3. The summed E-state index contributed by atoms with van der Waals surface area (Å²) in [6.45, 7) is 6.06. The molecule has 2 aromatic rings. The molecule has 3 nitrogen and oxygen atoms in total. The van der Waals surface area contributed by atoms with Crippen molar-refractivity contribution in [3.8, 4) is 6.07 Å². The first-order chi connectivity index (χ1) is 19.1. The number of nitrogens with zero attached hydrogens (tertiary/aromatic N) is 2. The number of aryl methyl sites for hydroxylation is 1. The third kappa shape index (κ3) is 10.5. The number of benzene rings is 2. The van der Waals surface area contributed by atoms with Crippen LogP contribution in [0, 0.1) is 23.1 Å². The van der Waals surface area contributed by atoms with E-state index in [9.17, 15) is 14.4 Å². The fraction of sp³-hybridized carbons (Fsp3) is 0.600. The smallest absolute Gasteiger partial charge is 0.166 e. The normalized spacial score (nSPS) is 14.4. The Bertz CT molecular complexity index is 1040. The Morgan fingerprint density at radius 3 is 2.08 bits per heavy atom. The van der Waals surface area contributed by atoms with E-state index in [4.69, 9.17) is 0 Å². The average molecular weight is 569 g/mol. The van der Waals surface area contributed by atoms with Crippen molar-refractivity contribution in [3.05, 3.63) is 65.0 Å². The molecule has 0 spiro atoms. The van der Waals surface area contributed by atoms with Gasteiger partial charge < -0.3 is 4.90 Å². The lowest BCUT2D eigenvalue weighted by Crippen LogP contribution is -2.36. The van der Waals surface area contributed by atoms with Gasteiger partial charge in [0.2, 0.25) is 0 Å². The summed E-state index contributed by atoms with van der Waals surface area (Å²) in [6.07, 6.45) is 17.8. The highest BCUT2D eigenvalue weighted by Crippen LogP contribution is 2.32. The van der Waals surface area contributed by atoms with Gasteiger partial charge in [0.1, 0.15) is 5.82 Å². The standard InChI is InChI=1S/C35H49FN2O.ClH/c1-3-5-6-7-8-9-10-11-12-13-15-28-18-21-33(26-34(28)31(27-37)14-4-2)38-24-22-30(23-25-38)35(39)29-16-19-32(36)20-17-29;/h16-21,26,30-31H,3-15,22-25H2,1-2H3;1H. The maximum absolute atomic E-state index is 13.3. The van der Waals surface area contributed by atoms with Crippen LogP contribution in [0.3, 0.4) is 0 Å². The Balaban J connectivity index is 0.00000560. The lowest BCUT2D eigenvalue weighted by molar-refractivity contribution is 0.0900. The minimum atomic E-state index is -0.312. The van der Waals surface area contributed by atoms with E-state index >= 15 is 0 Å². The molecule has 0 radical (unpaired) electrons. The van der Waals surface area contributed by atoms with Crippen molar-refractivity contribution in [2.75, 3.05) is 18.0 Å². The second-order valence-electron chi connectivity index (χ2n) is 11.4. The molecule has 1 aliphatic rings. The third-order valence-electron chi connectivity index (χ3n) is 8.40. The molecule has 5 heteroatoms. The van der Waals surface area contributed by atoms with Crippen molar-refractivity contribution in [3.63, 3.8) is 0 Å². The number of carbonyl (C=O) groups is 1. The van der Waals surface area contributed by atoms with E-state index in [0.717, 1.165) is 45.2 Å². The van der Waals surface area contributed by atoms with Gasteiger partial charge in [0.05, 0.1) is 12.0 Å². The third-order valence-corrected chi connectivity index (χ3v) is 8.40. The van der Waals surface area contributed by atoms with E-state index in [2.05, 4.69) is 43.0 Å². The maximum atomic E-state index is 13.3. The van der Waals surface area contributed by atoms with Crippen molar-refractivity contribution in [1.82, 2.24) is 0 Å². The molecule has 2 aromatic carbocycles. The lowest BCUT2D eigenvalue weighted by Gasteiger charge is -2.33. The van der Waals surface area contributed by atoms with Gasteiger partial charge in [-0.2, -0.15) is 5.26 Å². The largest absolute Gasteiger partial charge is 0.371 e. The van der Waals surface area contributed by atoms with E-state index in [1.165, 1.54) is 93.2 Å². The molecule has 0 aromatic heterocycles. The second-order valence-corrected chi connectivity index (χ2v) is 11.4. The van der Waals surface area contributed by atoms with Gasteiger partial charge in [-0.1, -0.05) is 84.1 Å². The maximum Gasteiger partial charge on any atom is 0.166 e. The molecule has 0 saturated carbocycles. The first kappa shape index (κ1) is 33.8. The molecule has 1 unspecified atom stereocenters. The number of halogens is 2. The molecule has 1 heterocycles. The second kappa shape index (κ2) is 18.9. The molecule has 1 saturated heterocycles. The van der Waals surface area contributed by atoms with Crippen LogP contribution >= 0.6 is 12.4 Å². The van der Waals surface area contributed by atoms with Crippen LogP contribution in [0.2, 0.25) is 0 Å². The molecule has 0 aliphatic carbocycles. The lowest BCUT2D eigenvalue weighted by atomic mass is 9.87. The Morgan fingerprint density at radius 1 is 0.900 bits per heavy atom. The quantitative estimate of drug-likeness (QED) is 0.141. The van der Waals surface area contributed by atoms with Gasteiger partial charge in [-0.05, 0) is 79.6 Å². The number of unbranched alkanes of at least 4 members (excludes halogenated alkanes) is 9. The molecule has 1 atom stereocenters. The van der Waals surface area contributed by atoms with Crippen LogP contribution in [0.25, 0.3) is 0 Å². The predicted octanol–water partition coefficient (Wildman–Crippen LogP) is 10.2. The number of carbonyl (C=O) groups excluding carboxylic acids is 1. The molecule has 1 aliphatic heterocycles. The highest BCUT2D eigenvalue weighted by molar-refractivity contribution is 5.98. The van der Waals surface area contributed by atoms with E-state index in [-0.39, 0.29) is 35.8 Å². The zero-order valence-corrected chi connectivity index (χ0v) is 25.6. The number of Topliss-reactive ketones (excluding diaryl/α,β-unsaturated/α-hetero) is 1. The molecular weight excluding hydrogens is 519 g/mol. The summed E-state index contributed by atoms with van der Waals surface area (Å²) in [7, 11) is 0. The van der Waals surface area contributed by atoms with E-state index in [0.29, 0.717) is 5.56 Å². The van der Waals surface area contributed by atoms with Gasteiger partial charge in [-0.15, -0.1) is 12.4 Å². The number of ketones is 1. The topological polar surface area (TPSA) is 44.1 Å². The minimum absolute atomic E-state index is 0. The van der Waals surface area contributed by atoms with Crippen molar-refractivity contribution in [1.29, 1.82) is 5.26 Å². The highest BCUT2D eigenvalue weighted by atomic mass is 35.5. The summed E-state index contributed by atoms with van der Waals surface area (Å²) in [4.78, 5) is 15.3. The van der Waals surface area contributed by atoms with Crippen LogP contribution in [0.4, 0.5) is 10.1 Å². The van der Waals surface area contributed by atoms with Crippen LogP contribution in [0.5, 0.6) is 0 Å². The van der Waals surface area contributed by atoms with E-state index in [1.54, 1.807) is 12.1 Å². The van der Waals surface area contributed by atoms with Crippen LogP contribution in [0.15, 0.2) is 42.5 Å². The number of nitriles is 1. The Kier molecular flexibility index (Phi) is 16.0. The summed E-state index contributed by atoms with van der Waals surface area (Å²) >= 11 is 0. The first-order valence-corrected chi connectivity index (χ1v) is 15.6. The summed E-state index contributed by atoms with van der Waals surface area (Å²) in [5, 5.41) is 9.98. The van der Waals surface area contributed by atoms with Crippen LogP contribution in [0.1, 0.15) is 131 Å². The summed E-state index contributed by atoms with van der Waals surface area (Å²) in [6, 6.07) is 15.2. The van der Waals surface area contributed by atoms with Crippen molar-refractivity contribution >= 4 is 23.9 Å². The van der Waals surface area contributed by atoms with E-state index in [1.807, 2.05) is 0 Å². The predicted molar refractivity (Wildman–Crippen MR) is 168 cm³/mol. The average Bonchev–Trinajstić information content (AvgIpc) is 2.97. The SMILES string of the molecule is CCCCCCCCCCCCc1ccc(N2CCC(C(=O)c3ccc(F)cc3)CC2)cc1C(C#N)CCC.Cl. The molecular formula is C35H50ClFN2O. The van der Waals surface area contributed by atoms with Crippen LogP contribution < -0.4 is 4.90 Å². The number of hydrogen-bond donors (Lipinski definition) is 0. The Labute approximate surface area is 249 Å². The molecule has 0 N–H and O–H groups in total. The highest BCUT2D eigenvalue weighted by Gasteiger charge is 2.27. The molecule has 3 rings (SSSR count). The Morgan fingerprint density at radius 2 is 1.50 bits per heavy atom. The van der Waals surface area contributed by atoms with Crippen molar-refractivity contribution in [2.24, 2.45) is 5.92 Å². The fourth-order valence-electron chi connectivity index (χ4n) is 5.96. The zero-order valence-electron chi connectivity index (χ0n) is 24.8. The van der Waals surface area contributed by atoms with E-state index < -0.39 is 0 Å². The minimum Gasteiger partial charge on any atom is -0.371 e. The van der Waals surface area contributed by atoms with Gasteiger partial charge in [0, 0.05) is 30.3 Å². The fourth-order valence-corrected chi connectivity index (χ4v) is 5.96. The van der Waals surface area contributed by atoms with Crippen molar-refractivity contribution in [2.45, 2.75) is 116 Å². The monoisotopic (exact) mass is 568 g/mol. The molecule has 0 amide bonds. The first-order valence-electron chi connectivity index (χ1n) is 15.6. The molecule has 0 bridgehead atoms. The number of rotatable bonds is 17. The van der Waals surface area contributed by atoms with Gasteiger partial charge in [-0.25, -0.2) is 4.39 Å². The summed E-state index contributed by atoms with van der Waals surface area (Å²) in [5.41, 5.74) is 4.31. The molecule has 40 heavy (non-hydrogen) atoms. The molecule has 220 valence electrons. The van der Waals surface area contributed by atoms with Gasteiger partial charge in [0.25, 0.3) is 0 Å². The van der Waals surface area contributed by atoms with Crippen LogP contribution in [-0.2, 0) is 6.42 Å². The van der Waals surface area contributed by atoms with Crippen LogP contribution in [-0.4, -0.2) is 18.9 Å². The van der Waals surface area contributed by atoms with Crippen molar-refractivity contribution < 1.29 is 9.18 Å². The van der Waals surface area contributed by atoms with Gasteiger partial charge >= 0.3 is 0 Å². The number of piperidine rings is 1. The van der Waals surface area contributed by atoms with Gasteiger partial charge in [-0.3, -0.25) is 4.79 Å². The zero-order chi connectivity index (χ0) is 27.9. The summed E-state index contributed by atoms with van der Waals surface area (Å²) in [5.74, 6) is -0.276. The van der Waals surface area contributed by atoms with Gasteiger partial charge in [0.15, 0.2) is 5.78 Å². The Hall–Kier alpha value is -2.38. The molecule has 1 fully saturated rings.